The maximum Gasteiger partial charge on any atom is 0.335 e. The number of carboxylic acids is 1. The van der Waals surface area contributed by atoms with Gasteiger partial charge in [-0.05, 0) is 46.3 Å². The summed E-state index contributed by atoms with van der Waals surface area (Å²) in [7, 11) is -1.14. The third kappa shape index (κ3) is 3.80. The maximum absolute atomic E-state index is 12.6. The lowest BCUT2D eigenvalue weighted by Gasteiger charge is -2.14. The quantitative estimate of drug-likeness (QED) is 0.751. The second-order valence-corrected chi connectivity index (χ2v) is 7.13. The zero-order valence-corrected chi connectivity index (χ0v) is 15.1. The Bertz CT molecular complexity index is 864. The van der Waals surface area contributed by atoms with Crippen molar-refractivity contribution in [2.75, 3.05) is 18.9 Å². The number of hydrogen-bond acceptors (Lipinski definition) is 5. The first kappa shape index (κ1) is 18.1. The van der Waals surface area contributed by atoms with E-state index in [2.05, 4.69) is 20.7 Å². The molecule has 0 amide bonds. The van der Waals surface area contributed by atoms with Crippen molar-refractivity contribution in [3.63, 3.8) is 0 Å². The minimum atomic E-state index is -3.94. The van der Waals surface area contributed by atoms with Crippen LogP contribution in [0.4, 0.5) is 5.69 Å². The molecule has 9 heteroatoms. The highest BCUT2D eigenvalue weighted by atomic mass is 79.9. The van der Waals surface area contributed by atoms with Crippen molar-refractivity contribution in [1.82, 2.24) is 0 Å². The summed E-state index contributed by atoms with van der Waals surface area (Å²) >= 11 is 3.24. The van der Waals surface area contributed by atoms with E-state index >= 15 is 0 Å². The van der Waals surface area contributed by atoms with Crippen LogP contribution in [-0.4, -0.2) is 33.7 Å². The van der Waals surface area contributed by atoms with Crippen LogP contribution >= 0.6 is 15.9 Å². The first-order valence-electron chi connectivity index (χ1n) is 6.56. The molecule has 2 aromatic carbocycles. The Morgan fingerprint density at radius 3 is 2.17 bits per heavy atom. The third-order valence-electron chi connectivity index (χ3n) is 3.11. The molecule has 0 aromatic heterocycles. The molecular weight excluding hydrogens is 402 g/mol. The van der Waals surface area contributed by atoms with Crippen molar-refractivity contribution in [2.24, 2.45) is 0 Å². The Labute approximate surface area is 147 Å². The van der Waals surface area contributed by atoms with E-state index in [9.17, 15) is 13.2 Å². The van der Waals surface area contributed by atoms with Crippen LogP contribution < -0.4 is 14.2 Å². The van der Waals surface area contributed by atoms with Gasteiger partial charge in [0.15, 0.2) is 0 Å². The number of benzene rings is 2. The number of carboxylic acid groups (broad SMARTS) is 1. The van der Waals surface area contributed by atoms with E-state index in [1.165, 1.54) is 50.6 Å². The largest absolute Gasteiger partial charge is 0.495 e. The molecule has 0 radical (unpaired) electrons. The summed E-state index contributed by atoms with van der Waals surface area (Å²) < 4.78 is 38.2. The Balaban J connectivity index is 2.40. The molecule has 128 valence electrons. The molecule has 0 aliphatic carbocycles. The van der Waals surface area contributed by atoms with E-state index < -0.39 is 16.0 Å². The molecule has 2 aromatic rings. The van der Waals surface area contributed by atoms with Crippen molar-refractivity contribution in [2.45, 2.75) is 4.90 Å². The van der Waals surface area contributed by atoms with E-state index in [0.29, 0.717) is 10.2 Å². The molecule has 0 saturated heterocycles. The molecule has 2 rings (SSSR count). The fraction of sp³-hybridized carbons (Fsp3) is 0.133. The molecule has 0 bridgehead atoms. The van der Waals surface area contributed by atoms with Gasteiger partial charge in [-0.15, -0.1) is 0 Å². The van der Waals surface area contributed by atoms with Crippen LogP contribution in [0.2, 0.25) is 0 Å². The van der Waals surface area contributed by atoms with Gasteiger partial charge >= 0.3 is 5.97 Å². The topological polar surface area (TPSA) is 102 Å². The maximum atomic E-state index is 12.6. The van der Waals surface area contributed by atoms with Gasteiger partial charge < -0.3 is 14.6 Å². The van der Waals surface area contributed by atoms with Crippen molar-refractivity contribution in [3.05, 3.63) is 46.4 Å². The number of carbonyl (C=O) groups is 1. The van der Waals surface area contributed by atoms with Crippen molar-refractivity contribution in [3.8, 4) is 11.5 Å². The van der Waals surface area contributed by atoms with Crippen molar-refractivity contribution < 1.29 is 27.8 Å². The average molecular weight is 416 g/mol. The van der Waals surface area contributed by atoms with Crippen LogP contribution in [-0.2, 0) is 10.0 Å². The minimum Gasteiger partial charge on any atom is -0.495 e. The first-order valence-corrected chi connectivity index (χ1v) is 8.84. The molecule has 0 fully saturated rings. The molecule has 2 N–H and O–H groups in total. The van der Waals surface area contributed by atoms with Gasteiger partial charge in [-0.3, -0.25) is 4.72 Å². The standard InChI is InChI=1S/C15H14BrNO6S/c1-22-12-8-13(23-2)14(7-11(12)16)24(20,21)17-10-5-3-9(4-6-10)15(18)19/h3-8,17H,1-2H3,(H,18,19). The zero-order valence-electron chi connectivity index (χ0n) is 12.7. The number of hydrogen-bond donors (Lipinski definition) is 2. The predicted octanol–water partition coefficient (Wildman–Crippen LogP) is 2.97. The van der Waals surface area contributed by atoms with E-state index in [0.717, 1.165) is 0 Å². The summed E-state index contributed by atoms with van der Waals surface area (Å²) in [5.41, 5.74) is 0.289. The molecule has 7 nitrogen and oxygen atoms in total. The zero-order chi connectivity index (χ0) is 17.9. The third-order valence-corrected chi connectivity index (χ3v) is 5.13. The van der Waals surface area contributed by atoms with Gasteiger partial charge in [-0.2, -0.15) is 0 Å². The van der Waals surface area contributed by atoms with E-state index in [1.54, 1.807) is 0 Å². The molecule has 0 atom stereocenters. The molecular formula is C15H14BrNO6S. The second kappa shape index (κ2) is 7.10. The minimum absolute atomic E-state index is 0.0581. The summed E-state index contributed by atoms with van der Waals surface area (Å²) in [5, 5.41) is 8.86. The fourth-order valence-corrected chi connectivity index (χ4v) is 3.83. The van der Waals surface area contributed by atoms with Crippen LogP contribution in [0.25, 0.3) is 0 Å². The van der Waals surface area contributed by atoms with Gasteiger partial charge in [0.05, 0.1) is 24.3 Å². The Kier molecular flexibility index (Phi) is 5.35. The summed E-state index contributed by atoms with van der Waals surface area (Å²) in [4.78, 5) is 10.7. The average Bonchev–Trinajstić information content (AvgIpc) is 2.54. The van der Waals surface area contributed by atoms with Crippen LogP contribution in [0.1, 0.15) is 10.4 Å². The van der Waals surface area contributed by atoms with Gasteiger partial charge in [0.25, 0.3) is 10.0 Å². The molecule has 0 aliphatic rings. The number of aromatic carboxylic acids is 1. The lowest BCUT2D eigenvalue weighted by Crippen LogP contribution is -2.14. The predicted molar refractivity (Wildman–Crippen MR) is 91.5 cm³/mol. The lowest BCUT2D eigenvalue weighted by atomic mass is 10.2. The van der Waals surface area contributed by atoms with Gasteiger partial charge in [0.2, 0.25) is 0 Å². The summed E-state index contributed by atoms with van der Waals surface area (Å²) in [6.45, 7) is 0. The Hall–Kier alpha value is -2.26. The smallest absolute Gasteiger partial charge is 0.335 e. The first-order chi connectivity index (χ1) is 11.3. The summed E-state index contributed by atoms with van der Waals surface area (Å²) in [6, 6.07) is 8.17. The molecule has 0 saturated carbocycles. The highest BCUT2D eigenvalue weighted by Crippen LogP contribution is 2.36. The molecule has 0 spiro atoms. The Morgan fingerprint density at radius 1 is 1.08 bits per heavy atom. The molecule has 0 unspecified atom stereocenters. The van der Waals surface area contributed by atoms with Crippen molar-refractivity contribution in [1.29, 1.82) is 0 Å². The van der Waals surface area contributed by atoms with E-state index in [4.69, 9.17) is 14.6 Å². The molecule has 0 heterocycles. The number of sulfonamides is 1. The monoisotopic (exact) mass is 415 g/mol. The number of rotatable bonds is 6. The van der Waals surface area contributed by atoms with Crippen molar-refractivity contribution >= 4 is 37.6 Å². The number of halogens is 1. The lowest BCUT2D eigenvalue weighted by molar-refractivity contribution is 0.0697. The number of anilines is 1. The van der Waals surface area contributed by atoms with Crippen LogP contribution in [0.5, 0.6) is 11.5 Å². The van der Waals surface area contributed by atoms with Gasteiger partial charge in [0, 0.05) is 11.8 Å². The van der Waals surface area contributed by atoms with Gasteiger partial charge in [0.1, 0.15) is 16.4 Å². The van der Waals surface area contributed by atoms with Gasteiger partial charge in [-0.25, -0.2) is 13.2 Å². The number of nitrogens with one attached hydrogen (secondary N) is 1. The van der Waals surface area contributed by atoms with Crippen LogP contribution in [0.3, 0.4) is 0 Å². The van der Waals surface area contributed by atoms with Crippen LogP contribution in [0.15, 0.2) is 45.8 Å². The van der Waals surface area contributed by atoms with Gasteiger partial charge in [-0.1, -0.05) is 0 Å². The highest BCUT2D eigenvalue weighted by molar-refractivity contribution is 9.10. The summed E-state index contributed by atoms with van der Waals surface area (Å²) in [6.07, 6.45) is 0. The second-order valence-electron chi connectivity index (χ2n) is 4.63. The highest BCUT2D eigenvalue weighted by Gasteiger charge is 2.22. The SMILES string of the molecule is COc1cc(OC)c(S(=O)(=O)Nc2ccc(C(=O)O)cc2)cc1Br. The normalized spacial score (nSPS) is 11.0. The Morgan fingerprint density at radius 2 is 1.67 bits per heavy atom. The van der Waals surface area contributed by atoms with E-state index in [1.807, 2.05) is 0 Å². The number of ether oxygens (including phenoxy) is 2. The van der Waals surface area contributed by atoms with Crippen LogP contribution in [0, 0.1) is 0 Å². The fourth-order valence-electron chi connectivity index (χ4n) is 1.93. The summed E-state index contributed by atoms with van der Waals surface area (Å²) in [5.74, 6) is -0.550. The molecule has 0 aliphatic heterocycles. The number of methoxy groups -OCH3 is 2. The van der Waals surface area contributed by atoms with E-state index in [-0.39, 0.29) is 21.9 Å². The molecule has 24 heavy (non-hydrogen) atoms.